The van der Waals surface area contributed by atoms with Crippen LogP contribution in [0.3, 0.4) is 0 Å². The van der Waals surface area contributed by atoms with Gasteiger partial charge >= 0.3 is 12.1 Å². The van der Waals surface area contributed by atoms with E-state index in [2.05, 4.69) is 5.32 Å². The number of carbonyl (C=O) groups excluding carboxylic acids is 3. The number of ether oxygens (including phenoxy) is 1. The van der Waals surface area contributed by atoms with Crippen molar-refractivity contribution in [1.29, 1.82) is 0 Å². The topological polar surface area (TPSA) is 82.2 Å². The fourth-order valence-electron chi connectivity index (χ4n) is 3.38. The molecular weight excluding hydrogens is 324 g/mol. The molecule has 0 radical (unpaired) electrons. The van der Waals surface area contributed by atoms with Gasteiger partial charge in [0.1, 0.15) is 11.1 Å². The number of hydrogen-bond acceptors (Lipinski definition) is 5. The van der Waals surface area contributed by atoms with Crippen LogP contribution in [-0.2, 0) is 9.53 Å². The molecule has 0 aromatic carbocycles. The molecule has 2 saturated heterocycles. The molecular formula is C17H28N4O4. The van der Waals surface area contributed by atoms with Crippen LogP contribution in [0.5, 0.6) is 0 Å². The smallest absolute Gasteiger partial charge is 0.410 e. The maximum absolute atomic E-state index is 12.7. The summed E-state index contributed by atoms with van der Waals surface area (Å²) < 4.78 is 5.38. The van der Waals surface area contributed by atoms with E-state index >= 15 is 0 Å². The Bertz CT molecular complexity index is 576. The first-order valence-electron chi connectivity index (χ1n) is 8.94. The van der Waals surface area contributed by atoms with Crippen molar-refractivity contribution in [3.05, 3.63) is 0 Å². The van der Waals surface area contributed by atoms with Gasteiger partial charge in [0.2, 0.25) is 0 Å². The van der Waals surface area contributed by atoms with Gasteiger partial charge in [-0.05, 0) is 46.5 Å². The fraction of sp³-hybridized carbons (Fsp3) is 0.824. The van der Waals surface area contributed by atoms with Crippen LogP contribution in [0.2, 0.25) is 0 Å². The zero-order chi connectivity index (χ0) is 18.4. The van der Waals surface area contributed by atoms with Crippen LogP contribution >= 0.6 is 0 Å². The summed E-state index contributed by atoms with van der Waals surface area (Å²) in [6.45, 7) is 9.89. The Morgan fingerprint density at radius 1 is 1.20 bits per heavy atom. The van der Waals surface area contributed by atoms with Crippen LogP contribution in [0.15, 0.2) is 0 Å². The first kappa shape index (κ1) is 18.0. The third-order valence-corrected chi connectivity index (χ3v) is 5.06. The summed E-state index contributed by atoms with van der Waals surface area (Å²) in [6.07, 6.45) is 1.67. The van der Waals surface area contributed by atoms with Gasteiger partial charge in [-0.3, -0.25) is 9.69 Å². The Morgan fingerprint density at radius 3 is 2.32 bits per heavy atom. The largest absolute Gasteiger partial charge is 0.444 e. The van der Waals surface area contributed by atoms with Crippen LogP contribution < -0.4 is 5.32 Å². The Kier molecular flexibility index (Phi) is 4.43. The van der Waals surface area contributed by atoms with Crippen molar-refractivity contribution in [3.63, 3.8) is 0 Å². The molecule has 4 amide bonds. The van der Waals surface area contributed by atoms with Crippen LogP contribution in [0.4, 0.5) is 9.59 Å². The standard InChI is InChI=1S/C17H28N4O4/c1-16(2,3)25-15(24)20-9-7-19(8-10-20)11-21-13(22)17(4,12-5-6-12)18-14(21)23/h12H,5-11H2,1-4H3,(H,18,23)/t17-/m0/s1. The van der Waals surface area contributed by atoms with Gasteiger partial charge in [-0.25, -0.2) is 14.5 Å². The van der Waals surface area contributed by atoms with Gasteiger partial charge in [-0.2, -0.15) is 0 Å². The van der Waals surface area contributed by atoms with Crippen LogP contribution in [0.25, 0.3) is 0 Å². The van der Waals surface area contributed by atoms with Crippen LogP contribution in [0, 0.1) is 5.92 Å². The van der Waals surface area contributed by atoms with Crippen molar-refractivity contribution in [1.82, 2.24) is 20.0 Å². The molecule has 0 spiro atoms. The second-order valence-corrected chi connectivity index (χ2v) is 8.37. The van der Waals surface area contributed by atoms with Gasteiger partial charge in [0, 0.05) is 26.2 Å². The van der Waals surface area contributed by atoms with E-state index in [0.717, 1.165) is 12.8 Å². The summed E-state index contributed by atoms with van der Waals surface area (Å²) in [7, 11) is 0. The lowest BCUT2D eigenvalue weighted by atomic mass is 9.96. The predicted octanol–water partition coefficient (Wildman–Crippen LogP) is 1.22. The number of amides is 4. The molecule has 0 unspecified atom stereocenters. The molecule has 3 aliphatic rings. The van der Waals surface area contributed by atoms with Gasteiger partial charge in [0.15, 0.2) is 0 Å². The van der Waals surface area contributed by atoms with Crippen LogP contribution in [-0.4, -0.2) is 76.7 Å². The molecule has 1 saturated carbocycles. The lowest BCUT2D eigenvalue weighted by molar-refractivity contribution is -0.133. The maximum Gasteiger partial charge on any atom is 0.410 e. The summed E-state index contributed by atoms with van der Waals surface area (Å²) in [4.78, 5) is 42.0. The molecule has 8 heteroatoms. The first-order chi connectivity index (χ1) is 11.6. The summed E-state index contributed by atoms with van der Waals surface area (Å²) in [5, 5.41) is 2.86. The van der Waals surface area contributed by atoms with E-state index in [4.69, 9.17) is 4.74 Å². The molecule has 0 bridgehead atoms. The predicted molar refractivity (Wildman–Crippen MR) is 90.8 cm³/mol. The number of hydrogen-bond donors (Lipinski definition) is 1. The molecule has 0 aromatic rings. The minimum absolute atomic E-state index is 0.130. The lowest BCUT2D eigenvalue weighted by Crippen LogP contribution is -2.53. The van der Waals surface area contributed by atoms with Gasteiger partial charge < -0.3 is 15.0 Å². The van der Waals surface area contributed by atoms with E-state index in [1.807, 2.05) is 32.6 Å². The van der Waals surface area contributed by atoms with Gasteiger partial charge in [0.25, 0.3) is 5.91 Å². The molecule has 1 aliphatic carbocycles. The van der Waals surface area contributed by atoms with Crippen molar-refractivity contribution in [3.8, 4) is 0 Å². The summed E-state index contributed by atoms with van der Waals surface area (Å²) in [5.41, 5.74) is -1.25. The quantitative estimate of drug-likeness (QED) is 0.772. The number of imide groups is 1. The van der Waals surface area contributed by atoms with Crippen molar-refractivity contribution in [2.75, 3.05) is 32.8 Å². The Balaban J connectivity index is 1.52. The van der Waals surface area contributed by atoms with E-state index in [0.29, 0.717) is 26.2 Å². The zero-order valence-electron chi connectivity index (χ0n) is 15.5. The Labute approximate surface area is 148 Å². The minimum Gasteiger partial charge on any atom is -0.444 e. The van der Waals surface area contributed by atoms with Crippen molar-refractivity contribution < 1.29 is 19.1 Å². The number of nitrogens with zero attached hydrogens (tertiary/aromatic N) is 3. The van der Waals surface area contributed by atoms with Crippen molar-refractivity contribution >= 4 is 18.0 Å². The highest BCUT2D eigenvalue weighted by Gasteiger charge is 2.56. The molecule has 3 rings (SSSR count). The van der Waals surface area contributed by atoms with Gasteiger partial charge in [0.05, 0.1) is 6.67 Å². The number of carbonyl (C=O) groups is 3. The molecule has 2 aliphatic heterocycles. The SMILES string of the molecule is CC(C)(C)OC(=O)N1CCN(CN2C(=O)N[C@@](C)(C3CC3)C2=O)CC1. The second kappa shape index (κ2) is 6.16. The van der Waals surface area contributed by atoms with Crippen molar-refractivity contribution in [2.45, 2.75) is 51.7 Å². The monoisotopic (exact) mass is 352 g/mol. The van der Waals surface area contributed by atoms with E-state index in [-0.39, 0.29) is 30.6 Å². The van der Waals surface area contributed by atoms with E-state index in [1.54, 1.807) is 4.90 Å². The van der Waals surface area contributed by atoms with Gasteiger partial charge in [-0.15, -0.1) is 0 Å². The third kappa shape index (κ3) is 3.73. The average molecular weight is 352 g/mol. The molecule has 8 nitrogen and oxygen atoms in total. The lowest BCUT2D eigenvalue weighted by Gasteiger charge is -2.36. The third-order valence-electron chi connectivity index (χ3n) is 5.06. The van der Waals surface area contributed by atoms with Gasteiger partial charge in [-0.1, -0.05) is 0 Å². The highest BCUT2D eigenvalue weighted by atomic mass is 16.6. The number of rotatable bonds is 3. The maximum atomic E-state index is 12.7. The Morgan fingerprint density at radius 2 is 1.80 bits per heavy atom. The first-order valence-corrected chi connectivity index (χ1v) is 8.94. The van der Waals surface area contributed by atoms with E-state index in [9.17, 15) is 14.4 Å². The highest BCUT2D eigenvalue weighted by molar-refractivity contribution is 6.07. The number of nitrogens with one attached hydrogen (secondary N) is 1. The molecule has 0 aromatic heterocycles. The minimum atomic E-state index is -0.741. The molecule has 2 heterocycles. The molecule has 25 heavy (non-hydrogen) atoms. The normalized spacial score (nSPS) is 28.3. The van der Waals surface area contributed by atoms with E-state index < -0.39 is 11.1 Å². The molecule has 1 atom stereocenters. The summed E-state index contributed by atoms with van der Waals surface area (Å²) in [6, 6.07) is -0.311. The summed E-state index contributed by atoms with van der Waals surface area (Å²) in [5.74, 6) is 0.132. The molecule has 3 fully saturated rings. The highest BCUT2D eigenvalue weighted by Crippen LogP contribution is 2.42. The average Bonchev–Trinajstić information content (AvgIpc) is 3.32. The number of urea groups is 1. The summed E-state index contributed by atoms with van der Waals surface area (Å²) >= 11 is 0. The van der Waals surface area contributed by atoms with E-state index in [1.165, 1.54) is 4.90 Å². The molecule has 1 N–H and O–H groups in total. The van der Waals surface area contributed by atoms with Crippen molar-refractivity contribution in [2.24, 2.45) is 5.92 Å². The number of piperazine rings is 1. The second-order valence-electron chi connectivity index (χ2n) is 8.37. The van der Waals surface area contributed by atoms with Crippen LogP contribution in [0.1, 0.15) is 40.5 Å². The zero-order valence-corrected chi connectivity index (χ0v) is 15.5. The fourth-order valence-corrected chi connectivity index (χ4v) is 3.38. The Hall–Kier alpha value is -1.83. The molecule has 140 valence electrons.